The lowest BCUT2D eigenvalue weighted by Gasteiger charge is -2.10. The Labute approximate surface area is 101 Å². The van der Waals surface area contributed by atoms with Gasteiger partial charge in [-0.25, -0.2) is 0 Å². The second-order valence-electron chi connectivity index (χ2n) is 4.05. The van der Waals surface area contributed by atoms with Crippen LogP contribution in [0.1, 0.15) is 22.9 Å². The molecule has 0 saturated heterocycles. The van der Waals surface area contributed by atoms with Gasteiger partial charge in [-0.1, -0.05) is 29.8 Å². The number of aromatic nitrogens is 1. The van der Waals surface area contributed by atoms with Gasteiger partial charge in [0.1, 0.15) is 6.04 Å². The number of benzene rings is 1. The van der Waals surface area contributed by atoms with Crippen LogP contribution in [0.3, 0.4) is 0 Å². The Bertz CT molecular complexity index is 491. The third-order valence-electron chi connectivity index (χ3n) is 2.69. The van der Waals surface area contributed by atoms with Gasteiger partial charge in [0, 0.05) is 18.4 Å². The Kier molecular flexibility index (Phi) is 3.59. The van der Waals surface area contributed by atoms with Crippen LogP contribution >= 0.6 is 0 Å². The molecule has 0 amide bonds. The number of aromatic amines is 1. The van der Waals surface area contributed by atoms with Crippen LogP contribution in [0.15, 0.2) is 42.6 Å². The fourth-order valence-corrected chi connectivity index (χ4v) is 1.67. The van der Waals surface area contributed by atoms with Crippen molar-refractivity contribution >= 4 is 0 Å². The number of hydrogen-bond acceptors (Lipinski definition) is 2. The highest BCUT2D eigenvalue weighted by Crippen LogP contribution is 2.10. The summed E-state index contributed by atoms with van der Waals surface area (Å²) in [5, 5.41) is 12.3. The molecule has 0 aliphatic carbocycles. The van der Waals surface area contributed by atoms with Crippen LogP contribution in [0.4, 0.5) is 0 Å². The van der Waals surface area contributed by atoms with Crippen LogP contribution in [0.5, 0.6) is 0 Å². The van der Waals surface area contributed by atoms with E-state index >= 15 is 0 Å². The van der Waals surface area contributed by atoms with Crippen LogP contribution in [0.25, 0.3) is 0 Å². The zero-order valence-corrected chi connectivity index (χ0v) is 9.77. The van der Waals surface area contributed by atoms with Crippen molar-refractivity contribution in [3.05, 3.63) is 59.4 Å². The average Bonchev–Trinajstić information content (AvgIpc) is 2.86. The van der Waals surface area contributed by atoms with Crippen molar-refractivity contribution in [2.75, 3.05) is 0 Å². The molecule has 1 aromatic heterocycles. The SMILES string of the molecule is Cc1ccc(CNC(C#N)c2ccc[nH]2)cc1. The molecule has 1 unspecified atom stereocenters. The Morgan fingerprint density at radius 3 is 2.65 bits per heavy atom. The van der Waals surface area contributed by atoms with Gasteiger partial charge in [0.15, 0.2) is 0 Å². The van der Waals surface area contributed by atoms with Crippen molar-refractivity contribution in [1.82, 2.24) is 10.3 Å². The quantitative estimate of drug-likeness (QED) is 0.840. The summed E-state index contributed by atoms with van der Waals surface area (Å²) < 4.78 is 0. The highest BCUT2D eigenvalue weighted by molar-refractivity contribution is 5.22. The van der Waals surface area contributed by atoms with Crippen LogP contribution in [-0.2, 0) is 6.54 Å². The lowest BCUT2D eigenvalue weighted by Crippen LogP contribution is -2.19. The molecule has 0 radical (unpaired) electrons. The van der Waals surface area contributed by atoms with Crippen molar-refractivity contribution in [3.8, 4) is 6.07 Å². The van der Waals surface area contributed by atoms with Crippen LogP contribution in [-0.4, -0.2) is 4.98 Å². The molecule has 17 heavy (non-hydrogen) atoms. The Morgan fingerprint density at radius 2 is 2.06 bits per heavy atom. The van der Waals surface area contributed by atoms with E-state index in [0.717, 1.165) is 5.69 Å². The largest absolute Gasteiger partial charge is 0.363 e. The van der Waals surface area contributed by atoms with Crippen molar-refractivity contribution in [3.63, 3.8) is 0 Å². The number of hydrogen-bond donors (Lipinski definition) is 2. The molecule has 0 aliphatic heterocycles. The van der Waals surface area contributed by atoms with Crippen LogP contribution in [0, 0.1) is 18.3 Å². The fraction of sp³-hybridized carbons (Fsp3) is 0.214. The van der Waals surface area contributed by atoms with Gasteiger partial charge in [-0.3, -0.25) is 5.32 Å². The van der Waals surface area contributed by atoms with Gasteiger partial charge >= 0.3 is 0 Å². The number of nitrogens with zero attached hydrogens (tertiary/aromatic N) is 1. The van der Waals surface area contributed by atoms with Crippen molar-refractivity contribution in [1.29, 1.82) is 5.26 Å². The monoisotopic (exact) mass is 225 g/mol. The minimum Gasteiger partial charge on any atom is -0.363 e. The summed E-state index contributed by atoms with van der Waals surface area (Å²) >= 11 is 0. The zero-order valence-electron chi connectivity index (χ0n) is 9.77. The van der Waals surface area contributed by atoms with E-state index < -0.39 is 0 Å². The second-order valence-corrected chi connectivity index (χ2v) is 4.05. The van der Waals surface area contributed by atoms with E-state index in [1.54, 1.807) is 0 Å². The average molecular weight is 225 g/mol. The summed E-state index contributed by atoms with van der Waals surface area (Å²) in [6.07, 6.45) is 1.83. The lowest BCUT2D eigenvalue weighted by atomic mass is 10.1. The molecule has 1 atom stereocenters. The third-order valence-corrected chi connectivity index (χ3v) is 2.69. The number of nitrogens with one attached hydrogen (secondary N) is 2. The first-order valence-electron chi connectivity index (χ1n) is 5.61. The summed E-state index contributed by atoms with van der Waals surface area (Å²) in [5.74, 6) is 0. The molecule has 0 aliphatic rings. The molecule has 0 saturated carbocycles. The fourth-order valence-electron chi connectivity index (χ4n) is 1.67. The number of rotatable bonds is 4. The van der Waals surface area contributed by atoms with Crippen molar-refractivity contribution < 1.29 is 0 Å². The molecule has 3 nitrogen and oxygen atoms in total. The Hall–Kier alpha value is -2.05. The van der Waals surface area contributed by atoms with Gasteiger partial charge in [-0.2, -0.15) is 5.26 Å². The molecule has 2 N–H and O–H groups in total. The predicted octanol–water partition coefficient (Wildman–Crippen LogP) is 2.68. The smallest absolute Gasteiger partial charge is 0.136 e. The second kappa shape index (κ2) is 5.33. The van der Waals surface area contributed by atoms with E-state index in [2.05, 4.69) is 47.6 Å². The molecule has 2 aromatic rings. The third kappa shape index (κ3) is 2.96. The van der Waals surface area contributed by atoms with E-state index in [4.69, 9.17) is 5.26 Å². The van der Waals surface area contributed by atoms with E-state index in [1.165, 1.54) is 11.1 Å². The topological polar surface area (TPSA) is 51.6 Å². The molecule has 1 aromatic carbocycles. The van der Waals surface area contributed by atoms with Gasteiger partial charge in [0.05, 0.1) is 6.07 Å². The summed E-state index contributed by atoms with van der Waals surface area (Å²) in [7, 11) is 0. The normalized spacial score (nSPS) is 12.0. The highest BCUT2D eigenvalue weighted by Gasteiger charge is 2.09. The molecular formula is C14H15N3. The standard InChI is InChI=1S/C14H15N3/c1-11-4-6-12(7-5-11)10-17-14(9-15)13-3-2-8-16-13/h2-8,14,16-17H,10H2,1H3. The molecule has 0 spiro atoms. The molecule has 1 heterocycles. The maximum absolute atomic E-state index is 9.09. The zero-order chi connectivity index (χ0) is 12.1. The van der Waals surface area contributed by atoms with Gasteiger partial charge in [0.25, 0.3) is 0 Å². The van der Waals surface area contributed by atoms with E-state index in [0.29, 0.717) is 6.54 Å². The first kappa shape index (κ1) is 11.4. The lowest BCUT2D eigenvalue weighted by molar-refractivity contribution is 0.619. The van der Waals surface area contributed by atoms with Crippen LogP contribution < -0.4 is 5.32 Å². The first-order valence-corrected chi connectivity index (χ1v) is 5.61. The highest BCUT2D eigenvalue weighted by atomic mass is 14.9. The molecule has 3 heteroatoms. The number of aryl methyl sites for hydroxylation is 1. The molecule has 0 fully saturated rings. The minimum atomic E-state index is -0.286. The predicted molar refractivity (Wildman–Crippen MR) is 67.2 cm³/mol. The number of H-pyrrole nitrogens is 1. The molecular weight excluding hydrogens is 210 g/mol. The Morgan fingerprint density at radius 1 is 1.29 bits per heavy atom. The summed E-state index contributed by atoms with van der Waals surface area (Å²) in [5.41, 5.74) is 3.33. The van der Waals surface area contributed by atoms with Gasteiger partial charge < -0.3 is 4.98 Å². The van der Waals surface area contributed by atoms with Crippen LogP contribution in [0.2, 0.25) is 0 Å². The van der Waals surface area contributed by atoms with Crippen molar-refractivity contribution in [2.24, 2.45) is 0 Å². The van der Waals surface area contributed by atoms with Gasteiger partial charge in [-0.05, 0) is 24.6 Å². The number of nitriles is 1. The Balaban J connectivity index is 1.97. The van der Waals surface area contributed by atoms with Gasteiger partial charge in [0.2, 0.25) is 0 Å². The first-order chi connectivity index (χ1) is 8.29. The molecule has 86 valence electrons. The summed E-state index contributed by atoms with van der Waals surface area (Å²) in [6, 6.07) is 14.1. The van der Waals surface area contributed by atoms with Crippen molar-refractivity contribution in [2.45, 2.75) is 19.5 Å². The maximum Gasteiger partial charge on any atom is 0.136 e. The molecule has 2 rings (SSSR count). The summed E-state index contributed by atoms with van der Waals surface area (Å²) in [4.78, 5) is 3.05. The van der Waals surface area contributed by atoms with E-state index in [1.807, 2.05) is 18.3 Å². The van der Waals surface area contributed by atoms with E-state index in [-0.39, 0.29) is 6.04 Å². The van der Waals surface area contributed by atoms with E-state index in [9.17, 15) is 0 Å². The van der Waals surface area contributed by atoms with Gasteiger partial charge in [-0.15, -0.1) is 0 Å². The minimum absolute atomic E-state index is 0.286. The summed E-state index contributed by atoms with van der Waals surface area (Å²) in [6.45, 7) is 2.76. The maximum atomic E-state index is 9.09. The molecule has 0 bridgehead atoms.